The van der Waals surface area contributed by atoms with E-state index in [9.17, 15) is 20.4 Å². The highest BCUT2D eigenvalue weighted by Crippen LogP contribution is 2.48. The minimum atomic E-state index is -0.804. The molecule has 8 aromatic rings. The summed E-state index contributed by atoms with van der Waals surface area (Å²) >= 11 is 0. The summed E-state index contributed by atoms with van der Waals surface area (Å²) in [6.45, 7) is 8.59. The van der Waals surface area contributed by atoms with Crippen LogP contribution in [0.4, 0.5) is 0 Å². The van der Waals surface area contributed by atoms with Crippen molar-refractivity contribution in [1.29, 1.82) is 0 Å². The van der Waals surface area contributed by atoms with Crippen LogP contribution < -0.4 is 0 Å². The van der Waals surface area contributed by atoms with Crippen LogP contribution in [0.2, 0.25) is 0 Å². The average Bonchev–Trinajstić information content (AvgIpc) is 4.04. The van der Waals surface area contributed by atoms with Gasteiger partial charge in [-0.2, -0.15) is 0 Å². The van der Waals surface area contributed by atoms with Crippen molar-refractivity contribution in [2.75, 3.05) is 0 Å². The van der Waals surface area contributed by atoms with E-state index in [1.54, 1.807) is 48.5 Å². The Hall–Kier alpha value is -6.80. The molecule has 0 saturated carbocycles. The Balaban J connectivity index is 1.39. The second-order valence-corrected chi connectivity index (χ2v) is 15.8. The van der Waals surface area contributed by atoms with E-state index >= 15 is 0 Å². The lowest BCUT2D eigenvalue weighted by Gasteiger charge is -2.34. The first kappa shape index (κ1) is 34.9. The van der Waals surface area contributed by atoms with Crippen LogP contribution >= 0.6 is 0 Å². The van der Waals surface area contributed by atoms with Gasteiger partial charge in [0.15, 0.2) is 0 Å². The lowest BCUT2D eigenvalue weighted by Crippen LogP contribution is -2.32. The zero-order valence-corrected chi connectivity index (χ0v) is 31.6. The molecule has 0 atom stereocenters. The molecule has 0 aliphatic carbocycles. The number of aromatic amines is 4. The Morgan fingerprint density at radius 3 is 0.625 bits per heavy atom. The van der Waals surface area contributed by atoms with Crippen LogP contribution in [0.15, 0.2) is 146 Å². The molecular formula is C48H44N4O4. The van der Waals surface area contributed by atoms with E-state index in [0.29, 0.717) is 0 Å². The maximum atomic E-state index is 10.8. The number of rotatable bonds is 4. The largest absolute Gasteiger partial charge is 0.508 e. The minimum absolute atomic E-state index is 0.163. The normalized spacial score (nSPS) is 23.2. The molecule has 4 aromatic heterocycles. The van der Waals surface area contributed by atoms with E-state index in [0.717, 1.165) is 67.8 Å². The number of hydrogen-bond donors (Lipinski definition) is 8. The number of hydrogen-bond acceptors (Lipinski definition) is 4. The van der Waals surface area contributed by atoms with Crippen molar-refractivity contribution in [3.05, 3.63) is 213 Å². The minimum Gasteiger partial charge on any atom is -0.508 e. The highest BCUT2D eigenvalue weighted by molar-refractivity contribution is 5.57. The van der Waals surface area contributed by atoms with Gasteiger partial charge in [0.2, 0.25) is 0 Å². The molecule has 0 fully saturated rings. The van der Waals surface area contributed by atoms with E-state index < -0.39 is 21.7 Å². The predicted molar refractivity (Wildman–Crippen MR) is 218 cm³/mol. The Morgan fingerprint density at radius 2 is 0.464 bits per heavy atom. The quantitative estimate of drug-likeness (QED) is 0.0909. The topological polar surface area (TPSA) is 144 Å². The zero-order chi connectivity index (χ0) is 39.0. The van der Waals surface area contributed by atoms with Gasteiger partial charge in [-0.3, -0.25) is 0 Å². The zero-order valence-electron chi connectivity index (χ0n) is 31.6. The molecule has 0 saturated heterocycles. The van der Waals surface area contributed by atoms with Crippen LogP contribution in [0, 0.1) is 0 Å². The summed E-state index contributed by atoms with van der Waals surface area (Å²) in [5.74, 6) is 0.653. The van der Waals surface area contributed by atoms with Crippen molar-refractivity contribution in [2.24, 2.45) is 0 Å². The number of phenolic OH excluding ortho intramolecular Hbond substituents is 4. The lowest BCUT2D eigenvalue weighted by molar-refractivity contribution is 0.472. The number of aromatic hydroxyl groups is 4. The van der Waals surface area contributed by atoms with Crippen LogP contribution in [0.5, 0.6) is 23.0 Å². The SMILES string of the molecule is CC1(c2cccc(O)c2)c2ccc([nH]2)C(C)(c2cccc(O)c2)c2ccc([nH]2)C(C)(c2cccc(O)c2)c2ccc([nH]2)C(C)(c2cccc(O)c2)c2ccc1[nH]2. The van der Waals surface area contributed by atoms with Crippen molar-refractivity contribution in [1.82, 2.24) is 19.9 Å². The smallest absolute Gasteiger partial charge is 0.115 e. The van der Waals surface area contributed by atoms with E-state index in [2.05, 4.69) is 96.2 Å². The van der Waals surface area contributed by atoms with Crippen molar-refractivity contribution in [2.45, 2.75) is 49.4 Å². The van der Waals surface area contributed by atoms with Gasteiger partial charge in [-0.1, -0.05) is 48.5 Å². The second-order valence-electron chi connectivity index (χ2n) is 15.8. The summed E-state index contributed by atoms with van der Waals surface area (Å²) in [7, 11) is 0. The number of H-pyrrole nitrogens is 4. The maximum absolute atomic E-state index is 10.8. The third-order valence-corrected chi connectivity index (χ3v) is 12.7. The van der Waals surface area contributed by atoms with Gasteiger partial charge in [0.1, 0.15) is 23.0 Å². The molecule has 0 spiro atoms. The summed E-state index contributed by atoms with van der Waals surface area (Å²) in [6, 6.07) is 46.3. The van der Waals surface area contributed by atoms with Crippen molar-refractivity contribution < 1.29 is 20.4 Å². The molecule has 1 aliphatic heterocycles. The van der Waals surface area contributed by atoms with E-state index in [4.69, 9.17) is 0 Å². The summed E-state index contributed by atoms with van der Waals surface area (Å²) in [6.07, 6.45) is 0. The molecule has 8 nitrogen and oxygen atoms in total. The fourth-order valence-electron chi connectivity index (χ4n) is 9.01. The molecular weight excluding hydrogens is 697 g/mol. The maximum Gasteiger partial charge on any atom is 0.115 e. The molecule has 0 amide bonds. The van der Waals surface area contributed by atoms with E-state index in [1.165, 1.54) is 0 Å². The molecule has 8 N–H and O–H groups in total. The van der Waals surface area contributed by atoms with Crippen molar-refractivity contribution in [3.63, 3.8) is 0 Å². The summed E-state index contributed by atoms with van der Waals surface area (Å²) in [4.78, 5) is 15.4. The standard InChI is InChI=1S/C48H44N4O4/c1-45(29-9-5-13-33(53)25-29)37-17-19-39(49-37)46(2,30-10-6-14-34(54)26-30)41-21-23-43(51-41)48(4,32-12-8-16-36(56)28-32)44-24-22-42(52-44)47(3,40-20-18-38(45)50-40)31-11-7-15-35(55)27-31/h5-28,49-56H,1-4H3. The Bertz CT molecular complexity index is 2300. The van der Waals surface area contributed by atoms with Crippen molar-refractivity contribution >= 4 is 0 Å². The molecule has 8 bridgehead atoms. The molecule has 56 heavy (non-hydrogen) atoms. The van der Waals surface area contributed by atoms with Gasteiger partial charge >= 0.3 is 0 Å². The second kappa shape index (κ2) is 12.4. The number of benzene rings is 4. The molecule has 8 heteroatoms. The molecule has 280 valence electrons. The van der Waals surface area contributed by atoms with Crippen molar-refractivity contribution in [3.8, 4) is 23.0 Å². The molecule has 9 rings (SSSR count). The Kier molecular flexibility index (Phi) is 7.71. The number of aromatic nitrogens is 4. The van der Waals surface area contributed by atoms with Crippen LogP contribution in [0.25, 0.3) is 0 Å². The summed E-state index contributed by atoms with van der Waals surface area (Å²) < 4.78 is 0. The third-order valence-electron chi connectivity index (χ3n) is 12.7. The van der Waals surface area contributed by atoms with Crippen LogP contribution in [0.1, 0.15) is 95.5 Å². The highest BCUT2D eigenvalue weighted by Gasteiger charge is 2.44. The van der Waals surface area contributed by atoms with Gasteiger partial charge in [0.25, 0.3) is 0 Å². The highest BCUT2D eigenvalue weighted by atomic mass is 16.3. The van der Waals surface area contributed by atoms with E-state index in [1.807, 2.05) is 48.5 Å². The molecule has 1 aliphatic rings. The molecule has 5 heterocycles. The first-order chi connectivity index (χ1) is 26.8. The summed E-state index contributed by atoms with van der Waals surface area (Å²) in [5.41, 5.74) is 7.43. The van der Waals surface area contributed by atoms with Gasteiger partial charge in [-0.05, 0) is 147 Å². The molecule has 0 unspecified atom stereocenters. The van der Waals surface area contributed by atoms with Crippen LogP contribution in [-0.2, 0) is 21.7 Å². The monoisotopic (exact) mass is 740 g/mol. The van der Waals surface area contributed by atoms with Crippen LogP contribution in [-0.4, -0.2) is 40.4 Å². The van der Waals surface area contributed by atoms with Gasteiger partial charge < -0.3 is 40.4 Å². The fraction of sp³-hybridized carbons (Fsp3) is 0.167. The summed E-state index contributed by atoms with van der Waals surface area (Å²) in [5, 5.41) is 43.3. The van der Waals surface area contributed by atoms with Gasteiger partial charge in [0, 0.05) is 45.6 Å². The molecule has 0 radical (unpaired) electrons. The first-order valence-electron chi connectivity index (χ1n) is 18.8. The lowest BCUT2D eigenvalue weighted by atomic mass is 9.76. The predicted octanol–water partition coefficient (Wildman–Crippen LogP) is 9.55. The van der Waals surface area contributed by atoms with Gasteiger partial charge in [0.05, 0.1) is 21.7 Å². The fourth-order valence-corrected chi connectivity index (χ4v) is 9.01. The van der Waals surface area contributed by atoms with Gasteiger partial charge in [-0.15, -0.1) is 0 Å². The average molecular weight is 741 g/mol. The van der Waals surface area contributed by atoms with Crippen LogP contribution in [0.3, 0.4) is 0 Å². The number of fused-ring (bicyclic) bond motifs is 8. The number of nitrogens with one attached hydrogen (secondary N) is 4. The molecule has 4 aromatic carbocycles. The Morgan fingerprint density at radius 1 is 0.286 bits per heavy atom. The number of phenols is 4. The Labute approximate surface area is 325 Å². The third kappa shape index (κ3) is 5.05. The van der Waals surface area contributed by atoms with E-state index in [-0.39, 0.29) is 23.0 Å². The van der Waals surface area contributed by atoms with Gasteiger partial charge in [-0.25, -0.2) is 0 Å². The first-order valence-corrected chi connectivity index (χ1v) is 18.8.